The lowest BCUT2D eigenvalue weighted by Crippen LogP contribution is -2.30. The highest BCUT2D eigenvalue weighted by atomic mass is 32.2. The standard InChI is InChI=1S/C20H20F3NO3S/c1-13-4-11-17(18(12-13)19(25)24-28(3,26)27)14(2)5-6-15-7-9-16(10-8-15)20(21,22)23/h4-12,14H,1-3H3,(H,24,25)/b6-5+. The van der Waals surface area contributed by atoms with Gasteiger partial charge in [-0.2, -0.15) is 13.2 Å². The highest BCUT2D eigenvalue weighted by Crippen LogP contribution is 2.29. The van der Waals surface area contributed by atoms with Crippen LogP contribution in [0.2, 0.25) is 0 Å². The fraction of sp³-hybridized carbons (Fsp3) is 0.250. The lowest BCUT2D eigenvalue weighted by atomic mass is 9.93. The van der Waals surface area contributed by atoms with Gasteiger partial charge in [0.1, 0.15) is 0 Å². The number of rotatable bonds is 5. The van der Waals surface area contributed by atoms with Crippen molar-refractivity contribution in [3.63, 3.8) is 0 Å². The van der Waals surface area contributed by atoms with E-state index in [4.69, 9.17) is 0 Å². The largest absolute Gasteiger partial charge is 0.416 e. The number of carbonyl (C=O) groups excluding carboxylic acids is 1. The molecule has 0 aromatic heterocycles. The first-order valence-corrected chi connectivity index (χ1v) is 10.2. The summed E-state index contributed by atoms with van der Waals surface area (Å²) in [6, 6.07) is 9.85. The summed E-state index contributed by atoms with van der Waals surface area (Å²) in [6.45, 7) is 3.59. The number of aryl methyl sites for hydroxylation is 1. The maximum absolute atomic E-state index is 12.6. The van der Waals surface area contributed by atoms with Crippen molar-refractivity contribution in [1.82, 2.24) is 4.72 Å². The van der Waals surface area contributed by atoms with Gasteiger partial charge >= 0.3 is 6.18 Å². The molecular formula is C20H20F3NO3S. The van der Waals surface area contributed by atoms with E-state index >= 15 is 0 Å². The fourth-order valence-corrected chi connectivity index (χ4v) is 3.08. The number of carbonyl (C=O) groups is 1. The Balaban J connectivity index is 2.27. The van der Waals surface area contributed by atoms with Crippen molar-refractivity contribution in [2.75, 3.05) is 6.26 Å². The van der Waals surface area contributed by atoms with Crippen LogP contribution in [0.5, 0.6) is 0 Å². The average Bonchev–Trinajstić information content (AvgIpc) is 2.57. The molecule has 28 heavy (non-hydrogen) atoms. The zero-order valence-electron chi connectivity index (χ0n) is 15.5. The van der Waals surface area contributed by atoms with Gasteiger partial charge in [-0.05, 0) is 36.2 Å². The van der Waals surface area contributed by atoms with Gasteiger partial charge in [0.15, 0.2) is 0 Å². The topological polar surface area (TPSA) is 63.2 Å². The van der Waals surface area contributed by atoms with Gasteiger partial charge in [-0.25, -0.2) is 13.1 Å². The molecule has 0 fully saturated rings. The first-order valence-electron chi connectivity index (χ1n) is 8.35. The summed E-state index contributed by atoms with van der Waals surface area (Å²) in [6.07, 6.45) is -0.0962. The summed E-state index contributed by atoms with van der Waals surface area (Å²) in [5.74, 6) is -1.00. The Labute approximate surface area is 162 Å². The molecule has 2 aromatic rings. The summed E-state index contributed by atoms with van der Waals surface area (Å²) in [5, 5.41) is 0. The van der Waals surface area contributed by atoms with Crippen LogP contribution in [-0.2, 0) is 16.2 Å². The lowest BCUT2D eigenvalue weighted by molar-refractivity contribution is -0.137. The lowest BCUT2D eigenvalue weighted by Gasteiger charge is -2.14. The molecule has 0 radical (unpaired) electrons. The predicted molar refractivity (Wildman–Crippen MR) is 102 cm³/mol. The number of alkyl halides is 3. The molecule has 0 bridgehead atoms. The smallest absolute Gasteiger partial charge is 0.268 e. The molecule has 0 aliphatic heterocycles. The van der Waals surface area contributed by atoms with E-state index in [9.17, 15) is 26.4 Å². The van der Waals surface area contributed by atoms with Crippen molar-refractivity contribution in [3.8, 4) is 0 Å². The van der Waals surface area contributed by atoms with Gasteiger partial charge < -0.3 is 0 Å². The van der Waals surface area contributed by atoms with E-state index in [1.165, 1.54) is 12.1 Å². The summed E-state index contributed by atoms with van der Waals surface area (Å²) < 4.78 is 62.6. The van der Waals surface area contributed by atoms with Crippen LogP contribution < -0.4 is 4.72 Å². The Hall–Kier alpha value is -2.61. The minimum Gasteiger partial charge on any atom is -0.268 e. The second-order valence-corrected chi connectivity index (χ2v) is 8.31. The number of hydrogen-bond donors (Lipinski definition) is 1. The number of allylic oxidation sites excluding steroid dienone is 1. The number of halogens is 3. The summed E-state index contributed by atoms with van der Waals surface area (Å²) in [4.78, 5) is 12.3. The Bertz CT molecular complexity index is 994. The number of amides is 1. The second-order valence-electron chi connectivity index (χ2n) is 6.56. The van der Waals surface area contributed by atoms with E-state index in [1.54, 1.807) is 37.3 Å². The van der Waals surface area contributed by atoms with E-state index < -0.39 is 27.7 Å². The SMILES string of the molecule is Cc1ccc(C(C)/C=C/c2ccc(C(F)(F)F)cc2)c(C(=O)NS(C)(=O)=O)c1. The molecule has 0 aliphatic rings. The molecule has 0 aliphatic carbocycles. The molecule has 0 saturated heterocycles. The van der Waals surface area contributed by atoms with Crippen molar-refractivity contribution < 1.29 is 26.4 Å². The normalized spacial score (nSPS) is 13.5. The summed E-state index contributed by atoms with van der Waals surface area (Å²) in [5.41, 5.74) is 1.48. The molecule has 4 nitrogen and oxygen atoms in total. The third-order valence-corrected chi connectivity index (χ3v) is 4.59. The summed E-state index contributed by atoms with van der Waals surface area (Å²) >= 11 is 0. The number of benzene rings is 2. The number of hydrogen-bond acceptors (Lipinski definition) is 3. The zero-order valence-corrected chi connectivity index (χ0v) is 16.4. The molecule has 150 valence electrons. The molecule has 1 N–H and O–H groups in total. The minimum atomic E-state index is -4.39. The first kappa shape index (κ1) is 21.7. The molecule has 0 heterocycles. The highest BCUT2D eigenvalue weighted by molar-refractivity contribution is 7.89. The second kappa shape index (κ2) is 8.18. The Kier molecular flexibility index (Phi) is 6.34. The molecule has 2 rings (SSSR count). The van der Waals surface area contributed by atoms with Crippen LogP contribution in [0, 0.1) is 6.92 Å². The maximum atomic E-state index is 12.6. The average molecular weight is 411 g/mol. The number of sulfonamides is 1. The van der Waals surface area contributed by atoms with Gasteiger partial charge in [-0.1, -0.05) is 48.9 Å². The quantitative estimate of drug-likeness (QED) is 0.787. The zero-order chi connectivity index (χ0) is 21.1. The molecular weight excluding hydrogens is 391 g/mol. The van der Waals surface area contributed by atoms with Crippen LogP contribution in [0.4, 0.5) is 13.2 Å². The monoisotopic (exact) mass is 411 g/mol. The third kappa shape index (κ3) is 5.95. The predicted octanol–water partition coefficient (Wildman–Crippen LogP) is 4.52. The van der Waals surface area contributed by atoms with E-state index in [0.29, 0.717) is 11.1 Å². The van der Waals surface area contributed by atoms with Crippen molar-refractivity contribution in [1.29, 1.82) is 0 Å². The van der Waals surface area contributed by atoms with Gasteiger partial charge in [-0.3, -0.25) is 4.79 Å². The van der Waals surface area contributed by atoms with E-state index in [1.807, 2.05) is 11.6 Å². The maximum Gasteiger partial charge on any atom is 0.416 e. The van der Waals surface area contributed by atoms with Crippen molar-refractivity contribution in [3.05, 3.63) is 76.4 Å². The van der Waals surface area contributed by atoms with E-state index in [-0.39, 0.29) is 11.5 Å². The molecule has 8 heteroatoms. The molecule has 1 unspecified atom stereocenters. The molecule has 0 spiro atoms. The van der Waals surface area contributed by atoms with Crippen molar-refractivity contribution in [2.24, 2.45) is 0 Å². The van der Waals surface area contributed by atoms with Crippen molar-refractivity contribution >= 4 is 22.0 Å². The Morgan fingerprint density at radius 1 is 1.11 bits per heavy atom. The van der Waals surface area contributed by atoms with Gasteiger partial charge in [0, 0.05) is 11.5 Å². The van der Waals surface area contributed by atoms with E-state index in [0.717, 1.165) is 24.0 Å². The van der Waals surface area contributed by atoms with Crippen molar-refractivity contribution in [2.45, 2.75) is 25.9 Å². The Morgan fingerprint density at radius 2 is 1.71 bits per heavy atom. The van der Waals surface area contributed by atoms with Crippen LogP contribution in [0.1, 0.15) is 45.5 Å². The molecule has 2 aromatic carbocycles. The first-order chi connectivity index (χ1) is 12.9. The molecule has 1 amide bonds. The third-order valence-electron chi connectivity index (χ3n) is 4.04. The highest BCUT2D eigenvalue weighted by Gasteiger charge is 2.29. The van der Waals surface area contributed by atoms with Gasteiger partial charge in [0.25, 0.3) is 5.91 Å². The fourth-order valence-electron chi connectivity index (χ4n) is 2.63. The van der Waals surface area contributed by atoms with Crippen LogP contribution in [0.3, 0.4) is 0 Å². The van der Waals surface area contributed by atoms with E-state index in [2.05, 4.69) is 0 Å². The van der Waals surface area contributed by atoms with Crippen LogP contribution >= 0.6 is 0 Å². The van der Waals surface area contributed by atoms with Gasteiger partial charge in [0.05, 0.1) is 11.8 Å². The molecule has 0 saturated carbocycles. The number of nitrogens with one attached hydrogen (secondary N) is 1. The van der Waals surface area contributed by atoms with Crippen LogP contribution in [0.25, 0.3) is 6.08 Å². The molecule has 1 atom stereocenters. The Morgan fingerprint density at radius 3 is 2.25 bits per heavy atom. The van der Waals surface area contributed by atoms with Gasteiger partial charge in [-0.15, -0.1) is 0 Å². The van der Waals surface area contributed by atoms with Crippen LogP contribution in [-0.4, -0.2) is 20.6 Å². The van der Waals surface area contributed by atoms with Crippen LogP contribution in [0.15, 0.2) is 48.5 Å². The van der Waals surface area contributed by atoms with Gasteiger partial charge in [0.2, 0.25) is 10.0 Å². The minimum absolute atomic E-state index is 0.231. The summed E-state index contributed by atoms with van der Waals surface area (Å²) in [7, 11) is -3.71.